The maximum absolute atomic E-state index is 12.2. The molecule has 0 saturated carbocycles. The molecule has 0 aliphatic heterocycles. The second kappa shape index (κ2) is 10.9. The number of thiazole rings is 2. The summed E-state index contributed by atoms with van der Waals surface area (Å²) in [4.78, 5) is 44.5. The van der Waals surface area contributed by atoms with Crippen LogP contribution in [0.1, 0.15) is 67.7 Å². The van der Waals surface area contributed by atoms with E-state index in [1.807, 2.05) is 26.2 Å². The van der Waals surface area contributed by atoms with Gasteiger partial charge in [0.15, 0.2) is 0 Å². The molecule has 2 aromatic heterocycles. The van der Waals surface area contributed by atoms with Gasteiger partial charge in [-0.05, 0) is 48.0 Å². The predicted octanol–water partition coefficient (Wildman–Crippen LogP) is 4.12. The van der Waals surface area contributed by atoms with Gasteiger partial charge in [0, 0.05) is 17.2 Å². The summed E-state index contributed by atoms with van der Waals surface area (Å²) >= 11 is 2.86. The van der Waals surface area contributed by atoms with Gasteiger partial charge >= 0.3 is 12.2 Å². The van der Waals surface area contributed by atoms with Crippen LogP contribution in [-0.4, -0.2) is 45.7 Å². The first-order valence-electron chi connectivity index (χ1n) is 10.2. The van der Waals surface area contributed by atoms with Crippen molar-refractivity contribution in [2.45, 2.75) is 72.1 Å². The number of alkyl carbamates (subject to hydrolysis) is 2. The fourth-order valence-electron chi connectivity index (χ4n) is 2.35. The van der Waals surface area contributed by atoms with E-state index >= 15 is 0 Å². The summed E-state index contributed by atoms with van der Waals surface area (Å²) in [7, 11) is 0. The summed E-state index contributed by atoms with van der Waals surface area (Å²) in [6.45, 7) is 10.8. The number of hydrogen-bond acceptors (Lipinski definition) is 9. The average molecular weight is 483 g/mol. The van der Waals surface area contributed by atoms with Crippen LogP contribution in [0.5, 0.6) is 0 Å². The third kappa shape index (κ3) is 9.73. The number of amides is 2. The number of nitrogens with one attached hydrogen (secondary N) is 2. The third-order valence-electron chi connectivity index (χ3n) is 3.61. The Labute approximate surface area is 195 Å². The van der Waals surface area contributed by atoms with Crippen molar-refractivity contribution in [1.29, 1.82) is 0 Å². The van der Waals surface area contributed by atoms with Gasteiger partial charge in [0.05, 0.1) is 23.8 Å². The second-order valence-electron chi connectivity index (χ2n) is 8.99. The Morgan fingerprint density at radius 1 is 0.844 bits per heavy atom. The topological polar surface area (TPSA) is 120 Å². The Morgan fingerprint density at radius 3 is 2.06 bits per heavy atom. The zero-order valence-electron chi connectivity index (χ0n) is 19.2. The maximum Gasteiger partial charge on any atom is 0.408 e. The molecule has 176 valence electrons. The zero-order chi connectivity index (χ0) is 23.9. The van der Waals surface area contributed by atoms with Gasteiger partial charge in [-0.2, -0.15) is 0 Å². The van der Waals surface area contributed by atoms with Crippen molar-refractivity contribution in [2.75, 3.05) is 6.54 Å². The minimum absolute atomic E-state index is 0.168. The molecule has 11 heteroatoms. The molecule has 2 amide bonds. The minimum Gasteiger partial charge on any atom is -0.444 e. The van der Waals surface area contributed by atoms with Crippen molar-refractivity contribution in [3.63, 3.8) is 0 Å². The van der Waals surface area contributed by atoms with Gasteiger partial charge in [0.2, 0.25) is 5.78 Å². The maximum atomic E-state index is 12.2. The highest BCUT2D eigenvalue weighted by Crippen LogP contribution is 2.16. The van der Waals surface area contributed by atoms with Gasteiger partial charge in [0.25, 0.3) is 0 Å². The Balaban J connectivity index is 1.77. The summed E-state index contributed by atoms with van der Waals surface area (Å²) in [5, 5.41) is 10.4. The molecular formula is C21H30N4O5S2. The Kier molecular flexibility index (Phi) is 8.73. The molecule has 0 aliphatic rings. The molecule has 0 aromatic carbocycles. The number of hydrogen-bond donors (Lipinski definition) is 2. The molecule has 0 spiro atoms. The van der Waals surface area contributed by atoms with E-state index in [1.165, 1.54) is 22.7 Å². The van der Waals surface area contributed by atoms with E-state index < -0.39 is 23.4 Å². The molecule has 0 fully saturated rings. The zero-order valence-corrected chi connectivity index (χ0v) is 20.9. The summed E-state index contributed by atoms with van der Waals surface area (Å²) in [6.07, 6.45) is 0.192. The third-order valence-corrected chi connectivity index (χ3v) is 5.41. The van der Waals surface area contributed by atoms with E-state index in [0.717, 1.165) is 15.7 Å². The summed E-state index contributed by atoms with van der Waals surface area (Å²) < 4.78 is 10.3. The van der Waals surface area contributed by atoms with Crippen molar-refractivity contribution in [3.05, 3.63) is 32.2 Å². The van der Waals surface area contributed by atoms with Gasteiger partial charge in [-0.25, -0.2) is 19.6 Å². The summed E-state index contributed by atoms with van der Waals surface area (Å²) in [5.74, 6) is -0.275. The van der Waals surface area contributed by atoms with E-state index in [9.17, 15) is 14.4 Å². The number of ketones is 1. The number of Topliss-reactive ketones (excluding diaryl/α,β-unsaturated/α-hetero) is 1. The molecule has 0 unspecified atom stereocenters. The highest BCUT2D eigenvalue weighted by atomic mass is 32.1. The normalized spacial score (nSPS) is 11.7. The van der Waals surface area contributed by atoms with Crippen LogP contribution in [0.3, 0.4) is 0 Å². The van der Waals surface area contributed by atoms with E-state index in [1.54, 1.807) is 26.2 Å². The Bertz CT molecular complexity index is 941. The Hall–Kier alpha value is -2.53. The molecule has 32 heavy (non-hydrogen) atoms. The SMILES string of the molecule is CC(C)(C)OC(=O)NCC(=O)c1csc(CCc2csc(CNC(=O)OC(C)(C)C)n2)n1. The fraction of sp³-hybridized carbons (Fsp3) is 0.571. The van der Waals surface area contributed by atoms with Crippen molar-refractivity contribution in [3.8, 4) is 0 Å². The molecule has 0 bridgehead atoms. The molecular weight excluding hydrogens is 452 g/mol. The van der Waals surface area contributed by atoms with Gasteiger partial charge < -0.3 is 20.1 Å². The molecule has 2 rings (SSSR count). The van der Waals surface area contributed by atoms with Gasteiger partial charge in [-0.3, -0.25) is 4.79 Å². The van der Waals surface area contributed by atoms with Crippen LogP contribution in [0.25, 0.3) is 0 Å². The monoisotopic (exact) mass is 482 g/mol. The number of ether oxygens (including phenoxy) is 2. The minimum atomic E-state index is -0.637. The van der Waals surface area contributed by atoms with Gasteiger partial charge in [0.1, 0.15) is 21.9 Å². The van der Waals surface area contributed by atoms with Crippen LogP contribution in [0.2, 0.25) is 0 Å². The first-order valence-corrected chi connectivity index (χ1v) is 11.9. The standard InChI is InChI=1S/C21H30N4O5S2/c1-20(2,3)29-18(27)22-9-15(26)14-12-32-16(25-14)8-7-13-11-31-17(24-13)10-23-19(28)30-21(4,5)6/h11-12H,7-10H2,1-6H3,(H,22,27)(H,23,28). The molecule has 2 heterocycles. The summed E-state index contributed by atoms with van der Waals surface area (Å²) in [6, 6.07) is 0. The number of carbonyl (C=O) groups excluding carboxylic acids is 3. The van der Waals surface area contributed by atoms with Crippen molar-refractivity contribution >= 4 is 40.6 Å². The lowest BCUT2D eigenvalue weighted by Crippen LogP contribution is -2.35. The van der Waals surface area contributed by atoms with Crippen LogP contribution in [-0.2, 0) is 28.9 Å². The van der Waals surface area contributed by atoms with E-state index in [4.69, 9.17) is 9.47 Å². The molecule has 0 atom stereocenters. The van der Waals surface area contributed by atoms with Gasteiger partial charge in [-0.1, -0.05) is 0 Å². The van der Waals surface area contributed by atoms with Crippen molar-refractivity contribution in [2.24, 2.45) is 0 Å². The highest BCUT2D eigenvalue weighted by molar-refractivity contribution is 7.10. The highest BCUT2D eigenvalue weighted by Gasteiger charge is 2.18. The van der Waals surface area contributed by atoms with E-state index in [-0.39, 0.29) is 12.3 Å². The van der Waals surface area contributed by atoms with Crippen LogP contribution in [0.15, 0.2) is 10.8 Å². The van der Waals surface area contributed by atoms with Crippen molar-refractivity contribution in [1.82, 2.24) is 20.6 Å². The molecule has 2 N–H and O–H groups in total. The lowest BCUT2D eigenvalue weighted by atomic mass is 10.2. The molecule has 0 aliphatic carbocycles. The van der Waals surface area contributed by atoms with Crippen molar-refractivity contribution < 1.29 is 23.9 Å². The molecule has 2 aromatic rings. The number of nitrogens with zero attached hydrogens (tertiary/aromatic N) is 2. The van der Waals surface area contributed by atoms with Crippen LogP contribution in [0, 0.1) is 0 Å². The summed E-state index contributed by atoms with van der Waals surface area (Å²) in [5.41, 5.74) is 0.0485. The number of rotatable bonds is 8. The van der Waals surface area contributed by atoms with Crippen LogP contribution in [0.4, 0.5) is 9.59 Å². The number of aromatic nitrogens is 2. The quantitative estimate of drug-likeness (QED) is 0.543. The number of carbonyl (C=O) groups is 3. The predicted molar refractivity (Wildman–Crippen MR) is 123 cm³/mol. The number of aryl methyl sites for hydroxylation is 2. The Morgan fingerprint density at radius 2 is 1.44 bits per heavy atom. The first-order chi connectivity index (χ1) is 14.8. The van der Waals surface area contributed by atoms with E-state index in [0.29, 0.717) is 25.1 Å². The largest absolute Gasteiger partial charge is 0.444 e. The second-order valence-corrected chi connectivity index (χ2v) is 10.9. The lowest BCUT2D eigenvalue weighted by molar-refractivity contribution is 0.0512. The first kappa shape index (κ1) is 25.7. The smallest absolute Gasteiger partial charge is 0.408 e. The molecule has 9 nitrogen and oxygen atoms in total. The fourth-order valence-corrected chi connectivity index (χ4v) is 3.92. The van der Waals surface area contributed by atoms with Crippen LogP contribution >= 0.6 is 22.7 Å². The molecule has 0 radical (unpaired) electrons. The average Bonchev–Trinajstić information content (AvgIpc) is 3.29. The van der Waals surface area contributed by atoms with Crippen LogP contribution < -0.4 is 10.6 Å². The van der Waals surface area contributed by atoms with E-state index in [2.05, 4.69) is 20.6 Å². The molecule has 0 saturated heterocycles. The lowest BCUT2D eigenvalue weighted by Gasteiger charge is -2.19. The van der Waals surface area contributed by atoms with Gasteiger partial charge in [-0.15, -0.1) is 22.7 Å².